The van der Waals surface area contributed by atoms with Crippen molar-refractivity contribution in [1.29, 1.82) is 0 Å². The van der Waals surface area contributed by atoms with E-state index >= 15 is 0 Å². The number of halogens is 4. The first-order valence-electron chi connectivity index (χ1n) is 9.90. The van der Waals surface area contributed by atoms with E-state index in [1.807, 2.05) is 42.5 Å². The van der Waals surface area contributed by atoms with E-state index < -0.39 is 25.2 Å². The van der Waals surface area contributed by atoms with E-state index in [0.717, 1.165) is 25.2 Å². The minimum Gasteiger partial charge on any atom is -0.482 e. The Morgan fingerprint density at radius 3 is 2.27 bits per heavy atom. The van der Waals surface area contributed by atoms with Crippen molar-refractivity contribution >= 4 is 45.9 Å². The summed E-state index contributed by atoms with van der Waals surface area (Å²) in [5, 5.41) is 8.73. The maximum absolute atomic E-state index is 13.7. The molecular weight excluding hydrogens is 564 g/mol. The summed E-state index contributed by atoms with van der Waals surface area (Å²) < 4.78 is 45.1. The fraction of sp³-hybridized carbons (Fsp3) is 0.160. The number of hydrogen-bond acceptors (Lipinski definition) is 3. The van der Waals surface area contributed by atoms with Crippen molar-refractivity contribution in [3.63, 3.8) is 0 Å². The van der Waals surface area contributed by atoms with Crippen LogP contribution >= 0.6 is 34.4 Å². The molecule has 0 fully saturated rings. The van der Waals surface area contributed by atoms with Crippen LogP contribution in [-0.4, -0.2) is 29.9 Å². The van der Waals surface area contributed by atoms with Crippen molar-refractivity contribution in [2.45, 2.75) is 17.5 Å². The van der Waals surface area contributed by atoms with Crippen LogP contribution in [0.5, 0.6) is 5.75 Å². The van der Waals surface area contributed by atoms with Crippen molar-refractivity contribution in [2.24, 2.45) is 0 Å². The molecule has 172 valence electrons. The number of alkyl halides is 3. The Kier molecular flexibility index (Phi) is 9.25. The lowest BCUT2D eigenvalue weighted by Gasteiger charge is -2.12. The van der Waals surface area contributed by atoms with Crippen molar-refractivity contribution in [2.75, 3.05) is 12.4 Å². The van der Waals surface area contributed by atoms with Crippen molar-refractivity contribution in [3.8, 4) is 5.75 Å². The van der Waals surface area contributed by atoms with Gasteiger partial charge in [-0.2, -0.15) is 0 Å². The van der Waals surface area contributed by atoms with Crippen molar-refractivity contribution in [1.82, 2.24) is 0 Å². The molecule has 0 bridgehead atoms. The third-order valence-corrected chi connectivity index (χ3v) is 6.90. The molecule has 0 saturated heterocycles. The topological polar surface area (TPSA) is 46.5 Å². The van der Waals surface area contributed by atoms with Crippen LogP contribution in [0, 0.1) is 3.57 Å². The zero-order valence-corrected chi connectivity index (χ0v) is 20.2. The molecule has 0 aliphatic rings. The summed E-state index contributed by atoms with van der Waals surface area (Å²) in [7, 11) is 0. The molecule has 0 aliphatic carbocycles. The Balaban J connectivity index is 1.78. The predicted molar refractivity (Wildman–Crippen MR) is 133 cm³/mol. The standard InChI is InChI=1S/C25H20F3IO3S/c26-24(25(27)28)18-8-6-17(7-9-18)20(16-4-2-1-3-5-16)12-13-33-22-11-10-19(14-21(22)29)32-15-23(30)31/h1-12,14,24-25H,13,15H2,(H,30,31). The van der Waals surface area contributed by atoms with Gasteiger partial charge in [-0.3, -0.25) is 0 Å². The minimum absolute atomic E-state index is 0.0460. The third-order valence-electron chi connectivity index (χ3n) is 4.64. The zero-order chi connectivity index (χ0) is 23.8. The SMILES string of the molecule is O=C(O)COc1ccc(SCC=C(c2ccccc2)c2ccc(C(F)C(F)F)cc2)c(I)c1. The van der Waals surface area contributed by atoms with E-state index in [9.17, 15) is 18.0 Å². The number of rotatable bonds is 10. The van der Waals surface area contributed by atoms with E-state index in [2.05, 4.69) is 22.6 Å². The Morgan fingerprint density at radius 2 is 1.67 bits per heavy atom. The summed E-state index contributed by atoms with van der Waals surface area (Å²) in [4.78, 5) is 11.7. The molecule has 8 heteroatoms. The molecule has 3 nitrogen and oxygen atoms in total. The maximum atomic E-state index is 13.7. The molecule has 1 N–H and O–H groups in total. The van der Waals surface area contributed by atoms with Gasteiger partial charge in [0.25, 0.3) is 6.43 Å². The number of carbonyl (C=O) groups is 1. The van der Waals surface area contributed by atoms with Crippen LogP contribution in [0.4, 0.5) is 13.2 Å². The number of ether oxygens (including phenoxy) is 1. The van der Waals surface area contributed by atoms with Gasteiger partial charge >= 0.3 is 5.97 Å². The highest BCUT2D eigenvalue weighted by atomic mass is 127. The van der Waals surface area contributed by atoms with Gasteiger partial charge in [0.2, 0.25) is 0 Å². The molecule has 0 heterocycles. The Morgan fingerprint density at radius 1 is 1.00 bits per heavy atom. The summed E-state index contributed by atoms with van der Waals surface area (Å²) in [5.41, 5.74) is 2.64. The predicted octanol–water partition coefficient (Wildman–Crippen LogP) is 7.25. The lowest BCUT2D eigenvalue weighted by Crippen LogP contribution is -2.09. The van der Waals surface area contributed by atoms with Gasteiger partial charge in [-0.1, -0.05) is 60.7 Å². The van der Waals surface area contributed by atoms with Gasteiger partial charge in [0, 0.05) is 14.2 Å². The quantitative estimate of drug-likeness (QED) is 0.202. The van der Waals surface area contributed by atoms with Crippen LogP contribution in [0.25, 0.3) is 5.57 Å². The average Bonchev–Trinajstić information content (AvgIpc) is 2.81. The molecular formula is C25H20F3IO3S. The van der Waals surface area contributed by atoms with Crippen molar-refractivity contribution in [3.05, 3.63) is 99.1 Å². The van der Waals surface area contributed by atoms with Crippen LogP contribution in [0.1, 0.15) is 22.9 Å². The number of thioether (sulfide) groups is 1. The van der Waals surface area contributed by atoms with Gasteiger partial charge in [0.15, 0.2) is 12.8 Å². The Labute approximate surface area is 207 Å². The second kappa shape index (κ2) is 12.1. The molecule has 0 spiro atoms. The second-order valence-electron chi connectivity index (χ2n) is 6.93. The number of hydrogen-bond donors (Lipinski definition) is 1. The van der Waals surface area contributed by atoms with E-state index in [1.54, 1.807) is 36.0 Å². The van der Waals surface area contributed by atoms with Gasteiger partial charge in [0.1, 0.15) is 5.75 Å². The van der Waals surface area contributed by atoms with Crippen LogP contribution in [0.3, 0.4) is 0 Å². The first-order chi connectivity index (χ1) is 15.8. The summed E-state index contributed by atoms with van der Waals surface area (Å²) in [5.74, 6) is 0.0770. The number of carboxylic acids is 1. The fourth-order valence-electron chi connectivity index (χ4n) is 3.06. The summed E-state index contributed by atoms with van der Waals surface area (Å²) in [6.45, 7) is -0.398. The molecule has 1 unspecified atom stereocenters. The molecule has 0 aromatic heterocycles. The van der Waals surface area contributed by atoms with Gasteiger partial charge in [0.05, 0.1) is 0 Å². The second-order valence-corrected chi connectivity index (χ2v) is 9.15. The summed E-state index contributed by atoms with van der Waals surface area (Å²) >= 11 is 3.77. The molecule has 3 rings (SSSR count). The normalized spacial score (nSPS) is 12.6. The molecule has 3 aromatic carbocycles. The van der Waals surface area contributed by atoms with E-state index in [0.29, 0.717) is 11.5 Å². The van der Waals surface area contributed by atoms with Crippen LogP contribution in [-0.2, 0) is 4.79 Å². The number of benzene rings is 3. The first kappa shape index (κ1) is 25.2. The Hall–Kier alpha value is -2.46. The highest BCUT2D eigenvalue weighted by Crippen LogP contribution is 2.31. The average molecular weight is 584 g/mol. The molecule has 0 radical (unpaired) electrons. The Bertz CT molecular complexity index is 1110. The van der Waals surface area contributed by atoms with Crippen LogP contribution < -0.4 is 4.74 Å². The largest absolute Gasteiger partial charge is 0.482 e. The van der Waals surface area contributed by atoms with E-state index in [1.165, 1.54) is 12.1 Å². The zero-order valence-electron chi connectivity index (χ0n) is 17.3. The lowest BCUT2D eigenvalue weighted by atomic mass is 9.96. The van der Waals surface area contributed by atoms with Gasteiger partial charge in [-0.05, 0) is 63.1 Å². The minimum atomic E-state index is -3.06. The highest BCUT2D eigenvalue weighted by molar-refractivity contribution is 14.1. The smallest absolute Gasteiger partial charge is 0.341 e. The fourth-order valence-corrected chi connectivity index (χ4v) is 4.80. The number of aliphatic carboxylic acids is 1. The highest BCUT2D eigenvalue weighted by Gasteiger charge is 2.21. The van der Waals surface area contributed by atoms with Crippen LogP contribution in [0.2, 0.25) is 0 Å². The number of carboxylic acid groups (broad SMARTS) is 1. The molecule has 0 amide bonds. The molecule has 3 aromatic rings. The molecule has 0 saturated carbocycles. The van der Waals surface area contributed by atoms with E-state index in [-0.39, 0.29) is 5.56 Å². The van der Waals surface area contributed by atoms with Crippen LogP contribution in [0.15, 0.2) is 83.8 Å². The summed E-state index contributed by atoms with van der Waals surface area (Å²) in [6.07, 6.45) is -3.32. The maximum Gasteiger partial charge on any atom is 0.341 e. The first-order valence-corrected chi connectivity index (χ1v) is 12.0. The van der Waals surface area contributed by atoms with Gasteiger partial charge < -0.3 is 9.84 Å². The molecule has 0 aliphatic heterocycles. The van der Waals surface area contributed by atoms with Gasteiger partial charge in [-0.15, -0.1) is 11.8 Å². The monoisotopic (exact) mass is 584 g/mol. The van der Waals surface area contributed by atoms with Crippen molar-refractivity contribution < 1.29 is 27.8 Å². The molecule has 33 heavy (non-hydrogen) atoms. The lowest BCUT2D eigenvalue weighted by molar-refractivity contribution is -0.139. The van der Waals surface area contributed by atoms with E-state index in [4.69, 9.17) is 9.84 Å². The molecule has 1 atom stereocenters. The third kappa shape index (κ3) is 7.26. The summed E-state index contributed by atoms with van der Waals surface area (Å²) in [6, 6.07) is 21.1. The van der Waals surface area contributed by atoms with Gasteiger partial charge in [-0.25, -0.2) is 18.0 Å².